The van der Waals surface area contributed by atoms with Crippen molar-refractivity contribution < 1.29 is 40.3 Å². The standard InChI is InChI=1S/C20H25N3O9S2/c1-3-21-20(25)23-16-9-7-14(18(11-16)34(29,30)31)5-4-13-6-8-15(22-19(24)12-32-2)10-17(13)33(26,27)28/h6-11H,3-5,12H2,1-2H3,(H,22,24)(H2,21,23,25)(H,26,27,28)(H,29,30,31). The molecular weight excluding hydrogens is 490 g/mol. The van der Waals surface area contributed by atoms with Gasteiger partial charge in [0.2, 0.25) is 5.91 Å². The summed E-state index contributed by atoms with van der Waals surface area (Å²) in [6.07, 6.45) is -0.0680. The predicted molar refractivity (Wildman–Crippen MR) is 123 cm³/mol. The molecule has 5 N–H and O–H groups in total. The lowest BCUT2D eigenvalue weighted by Crippen LogP contribution is -2.28. The SMILES string of the molecule is CCNC(=O)Nc1ccc(CCc2ccc(NC(=O)COC)cc2S(=O)(=O)O)c(S(=O)(=O)O)c1. The van der Waals surface area contributed by atoms with E-state index in [4.69, 9.17) is 0 Å². The van der Waals surface area contributed by atoms with Crippen molar-refractivity contribution in [1.82, 2.24) is 5.32 Å². The number of benzene rings is 2. The summed E-state index contributed by atoms with van der Waals surface area (Å²) in [5.41, 5.74) is 0.538. The lowest BCUT2D eigenvalue weighted by Gasteiger charge is -2.13. The molecule has 0 aliphatic rings. The summed E-state index contributed by atoms with van der Waals surface area (Å²) in [4.78, 5) is 22.4. The van der Waals surface area contributed by atoms with Gasteiger partial charge in [0.15, 0.2) is 0 Å². The topological polar surface area (TPSA) is 188 Å². The zero-order chi connectivity index (χ0) is 25.5. The van der Waals surface area contributed by atoms with E-state index in [0.29, 0.717) is 6.54 Å². The molecule has 0 fully saturated rings. The number of aryl methyl sites for hydroxylation is 2. The first-order chi connectivity index (χ1) is 15.8. The molecule has 0 aliphatic carbocycles. The zero-order valence-electron chi connectivity index (χ0n) is 18.4. The van der Waals surface area contributed by atoms with Gasteiger partial charge in [-0.15, -0.1) is 0 Å². The molecule has 0 aromatic heterocycles. The second kappa shape index (κ2) is 11.4. The van der Waals surface area contributed by atoms with Gasteiger partial charge in [0.05, 0.1) is 9.79 Å². The van der Waals surface area contributed by atoms with E-state index in [9.17, 15) is 35.5 Å². The number of amides is 3. The summed E-state index contributed by atoms with van der Waals surface area (Å²) >= 11 is 0. The van der Waals surface area contributed by atoms with Crippen LogP contribution in [0.4, 0.5) is 16.2 Å². The maximum absolute atomic E-state index is 11.9. The molecule has 0 heterocycles. The van der Waals surface area contributed by atoms with Crippen LogP contribution in [0.1, 0.15) is 18.1 Å². The van der Waals surface area contributed by atoms with Crippen molar-refractivity contribution in [3.63, 3.8) is 0 Å². The van der Waals surface area contributed by atoms with Gasteiger partial charge in [-0.2, -0.15) is 16.8 Å². The largest absolute Gasteiger partial charge is 0.375 e. The van der Waals surface area contributed by atoms with Crippen LogP contribution >= 0.6 is 0 Å². The predicted octanol–water partition coefficient (Wildman–Crippen LogP) is 1.69. The number of methoxy groups -OCH3 is 1. The minimum absolute atomic E-state index is 0.0333. The Hall–Kier alpha value is -3.04. The lowest BCUT2D eigenvalue weighted by atomic mass is 10.0. The van der Waals surface area contributed by atoms with E-state index in [1.807, 2.05) is 0 Å². The summed E-state index contributed by atoms with van der Waals surface area (Å²) in [6.45, 7) is 1.79. The number of carbonyl (C=O) groups excluding carboxylic acids is 2. The minimum Gasteiger partial charge on any atom is -0.375 e. The van der Waals surface area contributed by atoms with Crippen molar-refractivity contribution in [3.8, 4) is 0 Å². The Bertz CT molecular complexity index is 1180. The van der Waals surface area contributed by atoms with E-state index in [0.717, 1.165) is 12.1 Å². The number of urea groups is 1. The quantitative estimate of drug-likeness (QED) is 0.293. The molecule has 2 aromatic rings. The van der Waals surface area contributed by atoms with Crippen LogP contribution in [0.5, 0.6) is 0 Å². The maximum atomic E-state index is 11.9. The second-order valence-electron chi connectivity index (χ2n) is 7.06. The molecular formula is C20H25N3O9S2. The van der Waals surface area contributed by atoms with E-state index < -0.39 is 42.0 Å². The molecule has 12 nitrogen and oxygen atoms in total. The molecule has 0 saturated heterocycles. The van der Waals surface area contributed by atoms with Gasteiger partial charge < -0.3 is 20.7 Å². The van der Waals surface area contributed by atoms with Crippen LogP contribution in [0.15, 0.2) is 46.2 Å². The number of nitrogens with one attached hydrogen (secondary N) is 3. The molecule has 0 saturated carbocycles. The highest BCUT2D eigenvalue weighted by atomic mass is 32.2. The third-order valence-electron chi connectivity index (χ3n) is 4.51. The molecule has 0 bridgehead atoms. The van der Waals surface area contributed by atoms with Crippen LogP contribution in [-0.2, 0) is 42.6 Å². The van der Waals surface area contributed by atoms with Gasteiger partial charge in [-0.25, -0.2) is 4.79 Å². The van der Waals surface area contributed by atoms with Crippen molar-refractivity contribution in [3.05, 3.63) is 47.5 Å². The van der Waals surface area contributed by atoms with Gasteiger partial charge in [-0.05, 0) is 55.2 Å². The van der Waals surface area contributed by atoms with Crippen molar-refractivity contribution in [2.24, 2.45) is 0 Å². The van der Waals surface area contributed by atoms with E-state index >= 15 is 0 Å². The molecule has 0 aliphatic heterocycles. The third kappa shape index (κ3) is 7.78. The monoisotopic (exact) mass is 515 g/mol. The van der Waals surface area contributed by atoms with Gasteiger partial charge >= 0.3 is 6.03 Å². The number of rotatable bonds is 10. The molecule has 2 rings (SSSR count). The van der Waals surface area contributed by atoms with E-state index in [1.165, 1.54) is 31.4 Å². The van der Waals surface area contributed by atoms with Crippen LogP contribution in [0, 0.1) is 0 Å². The first-order valence-electron chi connectivity index (χ1n) is 9.89. The molecule has 186 valence electrons. The fourth-order valence-corrected chi connectivity index (χ4v) is 4.65. The highest BCUT2D eigenvalue weighted by Crippen LogP contribution is 2.26. The Morgan fingerprint density at radius 2 is 1.32 bits per heavy atom. The molecule has 3 amide bonds. The Kier molecular flexibility index (Phi) is 9.12. The molecule has 34 heavy (non-hydrogen) atoms. The second-order valence-corrected chi connectivity index (χ2v) is 9.84. The van der Waals surface area contributed by atoms with Gasteiger partial charge in [0, 0.05) is 25.0 Å². The number of anilines is 2. The van der Waals surface area contributed by atoms with Crippen molar-refractivity contribution in [2.45, 2.75) is 29.6 Å². The summed E-state index contributed by atoms with van der Waals surface area (Å²) < 4.78 is 71.5. The Balaban J connectivity index is 2.34. The van der Waals surface area contributed by atoms with Crippen LogP contribution < -0.4 is 16.0 Å². The van der Waals surface area contributed by atoms with E-state index in [-0.39, 0.29) is 42.0 Å². The highest BCUT2D eigenvalue weighted by molar-refractivity contribution is 7.86. The number of hydrogen-bond acceptors (Lipinski definition) is 7. The van der Waals surface area contributed by atoms with Crippen LogP contribution in [0.25, 0.3) is 0 Å². The zero-order valence-corrected chi connectivity index (χ0v) is 20.0. The maximum Gasteiger partial charge on any atom is 0.319 e. The fraction of sp³-hybridized carbons (Fsp3) is 0.300. The number of ether oxygens (including phenoxy) is 1. The van der Waals surface area contributed by atoms with Crippen molar-refractivity contribution >= 4 is 43.5 Å². The molecule has 0 unspecified atom stereocenters. The minimum atomic E-state index is -4.68. The molecule has 14 heteroatoms. The van der Waals surface area contributed by atoms with Crippen LogP contribution in [-0.4, -0.2) is 58.1 Å². The average molecular weight is 516 g/mol. The van der Waals surface area contributed by atoms with Crippen molar-refractivity contribution in [1.29, 1.82) is 0 Å². The molecule has 2 aromatic carbocycles. The normalized spacial score (nSPS) is 11.6. The summed E-state index contributed by atoms with van der Waals surface area (Å²) in [6, 6.07) is 7.17. The van der Waals surface area contributed by atoms with E-state index in [1.54, 1.807) is 6.92 Å². The number of carbonyl (C=O) groups is 2. The fourth-order valence-electron chi connectivity index (χ4n) is 3.09. The Labute approximate surface area is 197 Å². The summed E-state index contributed by atoms with van der Waals surface area (Å²) in [5.74, 6) is -0.532. The Morgan fingerprint density at radius 3 is 1.74 bits per heavy atom. The third-order valence-corrected chi connectivity index (χ3v) is 6.38. The van der Waals surface area contributed by atoms with Gasteiger partial charge in [-0.1, -0.05) is 12.1 Å². The highest BCUT2D eigenvalue weighted by Gasteiger charge is 2.20. The first-order valence-corrected chi connectivity index (χ1v) is 12.8. The average Bonchev–Trinajstić information content (AvgIpc) is 2.72. The molecule has 0 radical (unpaired) electrons. The van der Waals surface area contributed by atoms with Gasteiger partial charge in [-0.3, -0.25) is 13.9 Å². The summed E-state index contributed by atoms with van der Waals surface area (Å²) in [5, 5.41) is 7.34. The van der Waals surface area contributed by atoms with E-state index in [2.05, 4.69) is 20.7 Å². The van der Waals surface area contributed by atoms with Crippen LogP contribution in [0.2, 0.25) is 0 Å². The van der Waals surface area contributed by atoms with Crippen molar-refractivity contribution in [2.75, 3.05) is 30.9 Å². The number of hydrogen-bond donors (Lipinski definition) is 5. The van der Waals surface area contributed by atoms with Gasteiger partial charge in [0.25, 0.3) is 20.2 Å². The van der Waals surface area contributed by atoms with Crippen LogP contribution in [0.3, 0.4) is 0 Å². The Morgan fingerprint density at radius 1 is 0.853 bits per heavy atom. The first kappa shape index (κ1) is 27.2. The lowest BCUT2D eigenvalue weighted by molar-refractivity contribution is -0.119. The molecule has 0 atom stereocenters. The smallest absolute Gasteiger partial charge is 0.319 e. The summed E-state index contributed by atoms with van der Waals surface area (Å²) in [7, 11) is -8.03. The van der Waals surface area contributed by atoms with Gasteiger partial charge in [0.1, 0.15) is 6.61 Å². The molecule has 0 spiro atoms.